The fourth-order valence-corrected chi connectivity index (χ4v) is 4.09. The predicted octanol–water partition coefficient (Wildman–Crippen LogP) is 1.31. The number of fused-ring (bicyclic) bond motifs is 1. The number of nitrogens with one attached hydrogen (secondary N) is 1. The van der Waals surface area contributed by atoms with Gasteiger partial charge in [-0.1, -0.05) is 6.42 Å². The molecular formula is C15H24N2O4. The molecule has 6 nitrogen and oxygen atoms in total. The molecule has 0 bridgehead atoms. The van der Waals surface area contributed by atoms with E-state index in [1.165, 1.54) is 0 Å². The second-order valence-electron chi connectivity index (χ2n) is 6.67. The van der Waals surface area contributed by atoms with Crippen LogP contribution in [0.5, 0.6) is 0 Å². The van der Waals surface area contributed by atoms with E-state index in [0.29, 0.717) is 32.0 Å². The summed E-state index contributed by atoms with van der Waals surface area (Å²) in [6, 6.07) is -0.100. The number of amides is 2. The number of nitrogens with zero attached hydrogens (tertiary/aromatic N) is 1. The lowest BCUT2D eigenvalue weighted by Crippen LogP contribution is -2.43. The summed E-state index contributed by atoms with van der Waals surface area (Å²) >= 11 is 0. The van der Waals surface area contributed by atoms with Crippen LogP contribution in [0.2, 0.25) is 0 Å². The number of carbonyl (C=O) groups excluding carboxylic acids is 1. The lowest BCUT2D eigenvalue weighted by Gasteiger charge is -2.25. The maximum absolute atomic E-state index is 12.3. The van der Waals surface area contributed by atoms with E-state index in [4.69, 9.17) is 4.74 Å². The molecule has 6 heteroatoms. The van der Waals surface area contributed by atoms with Crippen molar-refractivity contribution in [2.75, 3.05) is 32.8 Å². The Balaban J connectivity index is 1.53. The van der Waals surface area contributed by atoms with Gasteiger partial charge in [0, 0.05) is 32.8 Å². The Kier molecular flexibility index (Phi) is 4.06. The smallest absolute Gasteiger partial charge is 0.317 e. The zero-order valence-electron chi connectivity index (χ0n) is 12.3. The molecule has 2 N–H and O–H groups in total. The van der Waals surface area contributed by atoms with Crippen LogP contribution in [-0.2, 0) is 9.53 Å². The number of carboxylic acids is 1. The highest BCUT2D eigenvalue weighted by Gasteiger charge is 2.55. The normalized spacial score (nSPS) is 33.0. The highest BCUT2D eigenvalue weighted by Crippen LogP contribution is 2.48. The van der Waals surface area contributed by atoms with E-state index in [2.05, 4.69) is 5.32 Å². The Morgan fingerprint density at radius 1 is 1.29 bits per heavy atom. The van der Waals surface area contributed by atoms with Gasteiger partial charge in [0.1, 0.15) is 0 Å². The van der Waals surface area contributed by atoms with E-state index < -0.39 is 11.4 Å². The molecule has 21 heavy (non-hydrogen) atoms. The van der Waals surface area contributed by atoms with Crippen LogP contribution in [0.25, 0.3) is 0 Å². The summed E-state index contributed by atoms with van der Waals surface area (Å²) in [5.41, 5.74) is -0.685. The van der Waals surface area contributed by atoms with E-state index in [1.807, 2.05) is 0 Å². The topological polar surface area (TPSA) is 78.9 Å². The second kappa shape index (κ2) is 5.83. The van der Waals surface area contributed by atoms with E-state index >= 15 is 0 Å². The second-order valence-corrected chi connectivity index (χ2v) is 6.67. The maximum atomic E-state index is 12.3. The Labute approximate surface area is 124 Å². The number of rotatable bonds is 3. The van der Waals surface area contributed by atoms with Crippen LogP contribution in [0.4, 0.5) is 4.79 Å². The van der Waals surface area contributed by atoms with Gasteiger partial charge in [0.05, 0.1) is 5.41 Å². The minimum absolute atomic E-state index is 0.100. The first-order valence-electron chi connectivity index (χ1n) is 7.96. The van der Waals surface area contributed by atoms with Crippen molar-refractivity contribution in [2.24, 2.45) is 17.3 Å². The van der Waals surface area contributed by atoms with Crippen molar-refractivity contribution in [3.8, 4) is 0 Å². The van der Waals surface area contributed by atoms with Gasteiger partial charge in [-0.05, 0) is 37.5 Å². The summed E-state index contributed by atoms with van der Waals surface area (Å²) in [7, 11) is 0. The number of aliphatic carboxylic acids is 1. The van der Waals surface area contributed by atoms with Crippen LogP contribution < -0.4 is 5.32 Å². The summed E-state index contributed by atoms with van der Waals surface area (Å²) in [6.45, 7) is 3.17. The summed E-state index contributed by atoms with van der Waals surface area (Å²) in [5, 5.41) is 12.5. The first-order valence-corrected chi connectivity index (χ1v) is 7.96. The third kappa shape index (κ3) is 2.73. The molecule has 0 radical (unpaired) electrons. The molecule has 2 aliphatic heterocycles. The van der Waals surface area contributed by atoms with Crippen molar-refractivity contribution in [1.82, 2.24) is 10.2 Å². The molecule has 2 amide bonds. The van der Waals surface area contributed by atoms with Gasteiger partial charge >= 0.3 is 12.0 Å². The Hall–Kier alpha value is -1.30. The molecule has 2 saturated heterocycles. The standard InChI is InChI=1S/C15H24N2O4/c18-13(19)15-5-1-2-12(15)9-17(10-15)14(20)16-8-11-3-6-21-7-4-11/h11-12H,1-10H2,(H,16,20)(H,18,19)/t12-,15+/m0/s1. The molecule has 3 rings (SSSR count). The molecule has 0 unspecified atom stereocenters. The van der Waals surface area contributed by atoms with Crippen LogP contribution >= 0.6 is 0 Å². The Morgan fingerprint density at radius 3 is 2.71 bits per heavy atom. The molecule has 2 atom stereocenters. The van der Waals surface area contributed by atoms with Crippen LogP contribution in [0.1, 0.15) is 32.1 Å². The lowest BCUT2D eigenvalue weighted by molar-refractivity contribution is -0.149. The summed E-state index contributed by atoms with van der Waals surface area (Å²) in [5.74, 6) is -0.119. The summed E-state index contributed by atoms with van der Waals surface area (Å²) < 4.78 is 5.31. The summed E-state index contributed by atoms with van der Waals surface area (Å²) in [6.07, 6.45) is 4.57. The quantitative estimate of drug-likeness (QED) is 0.823. The number of carbonyl (C=O) groups is 2. The number of likely N-dealkylation sites (tertiary alicyclic amines) is 1. The number of carboxylic acid groups (broad SMARTS) is 1. The van der Waals surface area contributed by atoms with E-state index in [1.54, 1.807) is 4.90 Å². The number of urea groups is 1. The third-order valence-electron chi connectivity index (χ3n) is 5.47. The van der Waals surface area contributed by atoms with Crippen LogP contribution in [-0.4, -0.2) is 54.9 Å². The minimum atomic E-state index is -0.732. The average Bonchev–Trinajstić information content (AvgIpc) is 3.03. The Bertz CT molecular complexity index is 422. The number of ether oxygens (including phenoxy) is 1. The fraction of sp³-hybridized carbons (Fsp3) is 0.867. The highest BCUT2D eigenvalue weighted by atomic mass is 16.5. The maximum Gasteiger partial charge on any atom is 0.317 e. The van der Waals surface area contributed by atoms with Gasteiger partial charge < -0.3 is 20.1 Å². The molecule has 1 aliphatic carbocycles. The zero-order valence-corrected chi connectivity index (χ0v) is 12.3. The van der Waals surface area contributed by atoms with Crippen LogP contribution in [0.3, 0.4) is 0 Å². The highest BCUT2D eigenvalue weighted by molar-refractivity contribution is 5.80. The van der Waals surface area contributed by atoms with Crippen molar-refractivity contribution in [1.29, 1.82) is 0 Å². The van der Waals surface area contributed by atoms with Crippen molar-refractivity contribution >= 4 is 12.0 Å². The fourth-order valence-electron chi connectivity index (χ4n) is 4.09. The van der Waals surface area contributed by atoms with Gasteiger partial charge in [0.2, 0.25) is 0 Å². The van der Waals surface area contributed by atoms with Crippen LogP contribution in [0, 0.1) is 17.3 Å². The average molecular weight is 296 g/mol. The largest absolute Gasteiger partial charge is 0.481 e. The molecule has 118 valence electrons. The van der Waals surface area contributed by atoms with Crippen molar-refractivity contribution < 1.29 is 19.4 Å². The lowest BCUT2D eigenvalue weighted by atomic mass is 9.81. The molecular weight excluding hydrogens is 272 g/mol. The predicted molar refractivity (Wildman–Crippen MR) is 75.9 cm³/mol. The number of hydrogen-bond donors (Lipinski definition) is 2. The van der Waals surface area contributed by atoms with Crippen molar-refractivity contribution in [3.05, 3.63) is 0 Å². The molecule has 0 spiro atoms. The third-order valence-corrected chi connectivity index (χ3v) is 5.47. The molecule has 3 aliphatic rings. The summed E-state index contributed by atoms with van der Waals surface area (Å²) in [4.78, 5) is 25.6. The molecule has 0 aromatic carbocycles. The van der Waals surface area contributed by atoms with Crippen molar-refractivity contribution in [2.45, 2.75) is 32.1 Å². The van der Waals surface area contributed by atoms with Gasteiger partial charge in [-0.25, -0.2) is 4.79 Å². The SMILES string of the molecule is O=C(NCC1CCOCC1)N1C[C@@H]2CCC[C@@]2(C(=O)O)C1. The first-order chi connectivity index (χ1) is 10.1. The van der Waals surface area contributed by atoms with Gasteiger partial charge in [-0.2, -0.15) is 0 Å². The molecule has 2 heterocycles. The minimum Gasteiger partial charge on any atom is -0.481 e. The van der Waals surface area contributed by atoms with Gasteiger partial charge in [0.25, 0.3) is 0 Å². The monoisotopic (exact) mass is 296 g/mol. The van der Waals surface area contributed by atoms with Gasteiger partial charge in [0.15, 0.2) is 0 Å². The zero-order chi connectivity index (χ0) is 14.9. The first kappa shape index (κ1) is 14.6. The number of hydrogen-bond acceptors (Lipinski definition) is 3. The van der Waals surface area contributed by atoms with Gasteiger partial charge in [-0.15, -0.1) is 0 Å². The molecule has 1 saturated carbocycles. The molecule has 0 aromatic rings. The van der Waals surface area contributed by atoms with Crippen molar-refractivity contribution in [3.63, 3.8) is 0 Å². The van der Waals surface area contributed by atoms with E-state index in [0.717, 1.165) is 38.9 Å². The molecule has 3 fully saturated rings. The molecule has 0 aromatic heterocycles. The Morgan fingerprint density at radius 2 is 2.05 bits per heavy atom. The van der Waals surface area contributed by atoms with Crippen LogP contribution in [0.15, 0.2) is 0 Å². The van der Waals surface area contributed by atoms with E-state index in [-0.39, 0.29) is 11.9 Å². The van der Waals surface area contributed by atoms with Gasteiger partial charge in [-0.3, -0.25) is 4.79 Å². The van der Waals surface area contributed by atoms with E-state index in [9.17, 15) is 14.7 Å².